The van der Waals surface area contributed by atoms with Crippen LogP contribution < -0.4 is 5.32 Å². The number of aryl methyl sites for hydroxylation is 1. The quantitative estimate of drug-likeness (QED) is 0.724. The van der Waals surface area contributed by atoms with Crippen LogP contribution in [-0.4, -0.2) is 20.8 Å². The molecule has 0 saturated carbocycles. The minimum absolute atomic E-state index is 0.590. The molecule has 1 aliphatic carbocycles. The zero-order chi connectivity index (χ0) is 9.97. The molecule has 0 bridgehead atoms. The second-order valence-corrected chi connectivity index (χ2v) is 3.74. The third-order valence-electron chi connectivity index (χ3n) is 2.74. The molecule has 4 nitrogen and oxygen atoms in total. The number of hydrogen-bond acceptors (Lipinski definition) is 3. The van der Waals surface area contributed by atoms with Gasteiger partial charge in [0, 0.05) is 13.1 Å². The topological polar surface area (TPSA) is 42.7 Å². The molecule has 4 heteroatoms. The molecule has 0 fully saturated rings. The average Bonchev–Trinajstić information content (AvgIpc) is 2.77. The number of nitrogens with zero attached hydrogens (tertiary/aromatic N) is 3. The molecule has 1 aromatic heterocycles. The smallest absolute Gasteiger partial charge is 0.146 e. The summed E-state index contributed by atoms with van der Waals surface area (Å²) in [7, 11) is 2.00. The summed E-state index contributed by atoms with van der Waals surface area (Å²) in [4.78, 5) is 0. The minimum Gasteiger partial charge on any atom is -0.317 e. The molecule has 0 atom stereocenters. The van der Waals surface area contributed by atoms with E-state index < -0.39 is 0 Å². The highest BCUT2D eigenvalue weighted by molar-refractivity contribution is 4.99. The van der Waals surface area contributed by atoms with Crippen LogP contribution in [0.25, 0.3) is 0 Å². The molecule has 0 unspecified atom stereocenters. The lowest BCUT2D eigenvalue weighted by molar-refractivity contribution is 0.518. The van der Waals surface area contributed by atoms with Crippen LogP contribution in [0.15, 0.2) is 12.2 Å². The van der Waals surface area contributed by atoms with Gasteiger partial charge in [0.25, 0.3) is 0 Å². The summed E-state index contributed by atoms with van der Waals surface area (Å²) < 4.78 is 2.02. The summed E-state index contributed by atoms with van der Waals surface area (Å²) in [5, 5.41) is 11.6. The van der Waals surface area contributed by atoms with Gasteiger partial charge in [-0.15, -0.1) is 10.2 Å². The second kappa shape index (κ2) is 3.92. The van der Waals surface area contributed by atoms with E-state index in [0.29, 0.717) is 6.04 Å². The number of rotatable bonds is 3. The SMILES string of the molecule is Cc1nnc(CNC2CC=CC2)n1C. The molecule has 1 aromatic rings. The van der Waals surface area contributed by atoms with E-state index in [1.54, 1.807) is 0 Å². The van der Waals surface area contributed by atoms with E-state index in [1.807, 2.05) is 18.5 Å². The van der Waals surface area contributed by atoms with E-state index >= 15 is 0 Å². The zero-order valence-corrected chi connectivity index (χ0v) is 8.70. The number of nitrogens with one attached hydrogen (secondary N) is 1. The molecule has 0 aromatic carbocycles. The minimum atomic E-state index is 0.590. The highest BCUT2D eigenvalue weighted by atomic mass is 15.3. The van der Waals surface area contributed by atoms with Crippen molar-refractivity contribution in [1.82, 2.24) is 20.1 Å². The first-order valence-electron chi connectivity index (χ1n) is 5.00. The van der Waals surface area contributed by atoms with Crippen molar-refractivity contribution in [1.29, 1.82) is 0 Å². The van der Waals surface area contributed by atoms with Crippen LogP contribution in [0.5, 0.6) is 0 Å². The third-order valence-corrected chi connectivity index (χ3v) is 2.74. The molecule has 0 amide bonds. The van der Waals surface area contributed by atoms with Crippen molar-refractivity contribution in [3.8, 4) is 0 Å². The number of aromatic nitrogens is 3. The van der Waals surface area contributed by atoms with Crippen molar-refractivity contribution in [2.45, 2.75) is 32.4 Å². The Labute approximate surface area is 84.0 Å². The van der Waals surface area contributed by atoms with Gasteiger partial charge >= 0.3 is 0 Å². The standard InChI is InChI=1S/C10H16N4/c1-8-12-13-10(14(8)2)7-11-9-5-3-4-6-9/h3-4,9,11H,5-7H2,1-2H3. The van der Waals surface area contributed by atoms with E-state index in [2.05, 4.69) is 27.7 Å². The van der Waals surface area contributed by atoms with Crippen molar-refractivity contribution < 1.29 is 0 Å². The molecular formula is C10H16N4. The molecule has 0 saturated heterocycles. The van der Waals surface area contributed by atoms with Gasteiger partial charge in [-0.05, 0) is 19.8 Å². The van der Waals surface area contributed by atoms with Crippen LogP contribution in [0.1, 0.15) is 24.5 Å². The molecule has 1 aliphatic rings. The largest absolute Gasteiger partial charge is 0.317 e. The van der Waals surface area contributed by atoms with Crippen molar-refractivity contribution >= 4 is 0 Å². The molecule has 2 rings (SSSR count). The van der Waals surface area contributed by atoms with Gasteiger partial charge in [0.2, 0.25) is 0 Å². The summed E-state index contributed by atoms with van der Waals surface area (Å²) in [5.41, 5.74) is 0. The Balaban J connectivity index is 1.88. The van der Waals surface area contributed by atoms with Crippen LogP contribution in [0.4, 0.5) is 0 Å². The van der Waals surface area contributed by atoms with Gasteiger partial charge in [0.05, 0.1) is 6.54 Å². The fraction of sp³-hybridized carbons (Fsp3) is 0.600. The fourth-order valence-electron chi connectivity index (χ4n) is 1.62. The summed E-state index contributed by atoms with van der Waals surface area (Å²) in [6.45, 7) is 2.78. The van der Waals surface area contributed by atoms with E-state index in [4.69, 9.17) is 0 Å². The van der Waals surface area contributed by atoms with Gasteiger partial charge in [-0.25, -0.2) is 0 Å². The Morgan fingerprint density at radius 3 is 2.71 bits per heavy atom. The Kier molecular flexibility index (Phi) is 2.63. The van der Waals surface area contributed by atoms with Crippen molar-refractivity contribution in [2.24, 2.45) is 7.05 Å². The lowest BCUT2D eigenvalue weighted by atomic mass is 10.2. The van der Waals surface area contributed by atoms with Gasteiger partial charge in [-0.3, -0.25) is 0 Å². The van der Waals surface area contributed by atoms with Crippen LogP contribution in [0, 0.1) is 6.92 Å². The molecule has 0 aliphatic heterocycles. The monoisotopic (exact) mass is 192 g/mol. The van der Waals surface area contributed by atoms with E-state index in [-0.39, 0.29) is 0 Å². The van der Waals surface area contributed by atoms with E-state index in [0.717, 1.165) is 31.0 Å². The van der Waals surface area contributed by atoms with Gasteiger partial charge < -0.3 is 9.88 Å². The summed E-state index contributed by atoms with van der Waals surface area (Å²) in [6.07, 6.45) is 6.72. The maximum Gasteiger partial charge on any atom is 0.146 e. The van der Waals surface area contributed by atoms with Gasteiger partial charge in [-0.2, -0.15) is 0 Å². The highest BCUT2D eigenvalue weighted by Gasteiger charge is 2.11. The molecule has 0 radical (unpaired) electrons. The predicted octanol–water partition coefficient (Wildman–Crippen LogP) is 0.932. The lowest BCUT2D eigenvalue weighted by Crippen LogP contribution is -2.27. The van der Waals surface area contributed by atoms with E-state index in [1.165, 1.54) is 0 Å². The number of hydrogen-bond donors (Lipinski definition) is 1. The van der Waals surface area contributed by atoms with Crippen LogP contribution in [0.3, 0.4) is 0 Å². The zero-order valence-electron chi connectivity index (χ0n) is 8.70. The third kappa shape index (κ3) is 1.85. The first-order valence-corrected chi connectivity index (χ1v) is 5.00. The van der Waals surface area contributed by atoms with Crippen LogP contribution in [0.2, 0.25) is 0 Å². The predicted molar refractivity (Wildman–Crippen MR) is 54.7 cm³/mol. The lowest BCUT2D eigenvalue weighted by Gasteiger charge is -2.10. The summed E-state index contributed by atoms with van der Waals surface area (Å²) in [5.74, 6) is 1.97. The highest BCUT2D eigenvalue weighted by Crippen LogP contribution is 2.09. The van der Waals surface area contributed by atoms with Crippen molar-refractivity contribution in [3.05, 3.63) is 23.8 Å². The van der Waals surface area contributed by atoms with Crippen molar-refractivity contribution in [2.75, 3.05) is 0 Å². The first kappa shape index (κ1) is 9.40. The molecular weight excluding hydrogens is 176 g/mol. The molecule has 1 heterocycles. The Morgan fingerprint density at radius 2 is 2.14 bits per heavy atom. The molecule has 0 spiro atoms. The average molecular weight is 192 g/mol. The maximum atomic E-state index is 4.11. The Bertz CT molecular complexity index is 332. The van der Waals surface area contributed by atoms with Crippen LogP contribution >= 0.6 is 0 Å². The molecule has 76 valence electrons. The normalized spacial score (nSPS) is 16.7. The van der Waals surface area contributed by atoms with Gasteiger partial charge in [0.1, 0.15) is 11.6 Å². The Hall–Kier alpha value is -1.16. The van der Waals surface area contributed by atoms with Gasteiger partial charge in [0.15, 0.2) is 0 Å². The summed E-state index contributed by atoms with van der Waals surface area (Å²) in [6, 6.07) is 0.590. The first-order chi connectivity index (χ1) is 6.77. The molecule has 14 heavy (non-hydrogen) atoms. The van der Waals surface area contributed by atoms with Gasteiger partial charge in [-0.1, -0.05) is 12.2 Å². The van der Waals surface area contributed by atoms with Crippen molar-refractivity contribution in [3.63, 3.8) is 0 Å². The Morgan fingerprint density at radius 1 is 1.43 bits per heavy atom. The fourth-order valence-corrected chi connectivity index (χ4v) is 1.62. The summed E-state index contributed by atoms with van der Waals surface area (Å²) >= 11 is 0. The maximum absolute atomic E-state index is 4.11. The van der Waals surface area contributed by atoms with Crippen LogP contribution in [-0.2, 0) is 13.6 Å². The van der Waals surface area contributed by atoms with E-state index in [9.17, 15) is 0 Å². The molecule has 1 N–H and O–H groups in total. The second-order valence-electron chi connectivity index (χ2n) is 3.74.